The lowest BCUT2D eigenvalue weighted by molar-refractivity contribution is 0.265. The molecule has 4 aromatic rings. The SMILES string of the molecule is CC1CCC(Cn2c(N3CCCC3C(C)(C)C)nc3cc(-c4noc(=O)[nH]4)nc(-c4cncc(Cl)c4)c32)CC1. The number of nitrogens with zero attached hydrogens (tertiary/aromatic N) is 6. The molecular weight excluding hydrogens is 514 g/mol. The van der Waals surface area contributed by atoms with Crippen LogP contribution >= 0.6 is 11.6 Å². The summed E-state index contributed by atoms with van der Waals surface area (Å²) in [6, 6.07) is 4.16. The molecule has 0 bridgehead atoms. The Bertz CT molecular complexity index is 1540. The molecule has 6 rings (SSSR count). The van der Waals surface area contributed by atoms with Crippen molar-refractivity contribution >= 4 is 28.6 Å². The minimum absolute atomic E-state index is 0.114. The third kappa shape index (κ3) is 5.09. The fourth-order valence-electron chi connectivity index (χ4n) is 6.42. The molecular formula is C29H36ClN7O2. The van der Waals surface area contributed by atoms with Gasteiger partial charge in [0, 0.05) is 37.1 Å². The zero-order valence-corrected chi connectivity index (χ0v) is 23.8. The van der Waals surface area contributed by atoms with Crippen LogP contribution in [0, 0.1) is 17.3 Å². The van der Waals surface area contributed by atoms with Crippen LogP contribution in [0.4, 0.5) is 5.95 Å². The van der Waals surface area contributed by atoms with Gasteiger partial charge in [0.25, 0.3) is 0 Å². The van der Waals surface area contributed by atoms with E-state index >= 15 is 0 Å². The summed E-state index contributed by atoms with van der Waals surface area (Å²) >= 11 is 6.40. The van der Waals surface area contributed by atoms with Gasteiger partial charge in [-0.3, -0.25) is 14.5 Å². The number of rotatable bonds is 5. The minimum Gasteiger partial charge on any atom is -0.339 e. The Morgan fingerprint density at radius 2 is 1.90 bits per heavy atom. The topological polar surface area (TPSA) is 106 Å². The van der Waals surface area contributed by atoms with Crippen molar-refractivity contribution in [2.45, 2.75) is 78.8 Å². The predicted octanol–water partition coefficient (Wildman–Crippen LogP) is 6.33. The van der Waals surface area contributed by atoms with E-state index in [2.05, 4.69) is 52.3 Å². The first-order valence-corrected chi connectivity index (χ1v) is 14.4. The van der Waals surface area contributed by atoms with Crippen LogP contribution in [-0.2, 0) is 6.54 Å². The first-order valence-electron chi connectivity index (χ1n) is 14.0. The van der Waals surface area contributed by atoms with Crippen LogP contribution in [-0.4, -0.2) is 42.2 Å². The Morgan fingerprint density at radius 3 is 2.59 bits per heavy atom. The molecule has 1 saturated heterocycles. The van der Waals surface area contributed by atoms with E-state index in [4.69, 9.17) is 26.1 Å². The molecule has 1 unspecified atom stereocenters. The number of hydrogen-bond donors (Lipinski definition) is 1. The van der Waals surface area contributed by atoms with E-state index in [1.54, 1.807) is 12.4 Å². The lowest BCUT2D eigenvalue weighted by Crippen LogP contribution is -2.41. The van der Waals surface area contributed by atoms with E-state index in [0.717, 1.165) is 60.1 Å². The maximum absolute atomic E-state index is 11.8. The third-order valence-electron chi connectivity index (χ3n) is 8.45. The molecule has 0 amide bonds. The van der Waals surface area contributed by atoms with E-state index in [9.17, 15) is 4.79 Å². The second-order valence-corrected chi connectivity index (χ2v) is 12.9. The van der Waals surface area contributed by atoms with Crippen LogP contribution in [0.2, 0.25) is 5.02 Å². The molecule has 0 spiro atoms. The molecule has 0 radical (unpaired) electrons. The van der Waals surface area contributed by atoms with Crippen molar-refractivity contribution in [2.24, 2.45) is 17.3 Å². The number of fused-ring (bicyclic) bond motifs is 1. The Labute approximate surface area is 233 Å². The standard InChI is InChI=1S/C29H36ClN7O2/c1-17-7-9-18(10-8-17)16-37-25-21(33-27(37)36-11-5-6-23(36)29(2,3)4)13-22(26-34-28(38)39-35-26)32-24(25)19-12-20(30)15-31-14-19/h12-15,17-18,23H,5-11,16H2,1-4H3,(H,34,35,38). The van der Waals surface area contributed by atoms with Gasteiger partial charge < -0.3 is 9.47 Å². The van der Waals surface area contributed by atoms with Crippen LogP contribution in [0.1, 0.15) is 66.2 Å². The number of halogens is 1. The van der Waals surface area contributed by atoms with Gasteiger partial charge in [0.05, 0.1) is 21.7 Å². The molecule has 1 N–H and O–H groups in total. The van der Waals surface area contributed by atoms with Crippen molar-refractivity contribution < 1.29 is 4.52 Å². The lowest BCUT2D eigenvalue weighted by Gasteiger charge is -2.36. The summed E-state index contributed by atoms with van der Waals surface area (Å²) in [5.74, 6) is 1.99. The Kier molecular flexibility index (Phi) is 6.73. The van der Waals surface area contributed by atoms with Crippen molar-refractivity contribution in [3.63, 3.8) is 0 Å². The van der Waals surface area contributed by atoms with Gasteiger partial charge in [0.1, 0.15) is 5.69 Å². The summed E-state index contributed by atoms with van der Waals surface area (Å²) in [5.41, 5.74) is 3.87. The quantitative estimate of drug-likeness (QED) is 0.310. The highest BCUT2D eigenvalue weighted by Crippen LogP contribution is 2.41. The van der Waals surface area contributed by atoms with Crippen LogP contribution in [0.15, 0.2) is 33.8 Å². The summed E-state index contributed by atoms with van der Waals surface area (Å²) in [7, 11) is 0. The predicted molar refractivity (Wildman–Crippen MR) is 153 cm³/mol. The zero-order valence-electron chi connectivity index (χ0n) is 23.1. The molecule has 1 aliphatic heterocycles. The lowest BCUT2D eigenvalue weighted by atomic mass is 9.83. The highest BCUT2D eigenvalue weighted by atomic mass is 35.5. The fraction of sp³-hybridized carbons (Fsp3) is 0.552. The normalized spacial score (nSPS) is 22.2. The number of anilines is 1. The smallest absolute Gasteiger partial charge is 0.339 e. The maximum Gasteiger partial charge on any atom is 0.439 e. The van der Waals surface area contributed by atoms with E-state index in [0.29, 0.717) is 22.7 Å². The Hall–Kier alpha value is -3.20. The Morgan fingerprint density at radius 1 is 1.10 bits per heavy atom. The van der Waals surface area contributed by atoms with Gasteiger partial charge >= 0.3 is 5.76 Å². The summed E-state index contributed by atoms with van der Waals surface area (Å²) < 4.78 is 7.20. The summed E-state index contributed by atoms with van der Waals surface area (Å²) in [5, 5.41) is 4.43. The molecule has 2 aliphatic rings. The number of nitrogens with one attached hydrogen (secondary N) is 1. The highest BCUT2D eigenvalue weighted by Gasteiger charge is 2.37. The molecule has 1 atom stereocenters. The van der Waals surface area contributed by atoms with Crippen LogP contribution in [0.5, 0.6) is 0 Å². The summed E-state index contributed by atoms with van der Waals surface area (Å²) in [6.07, 6.45) is 10.6. The molecule has 9 nitrogen and oxygen atoms in total. The van der Waals surface area contributed by atoms with Gasteiger partial charge in [-0.05, 0) is 55.1 Å². The molecule has 1 saturated carbocycles. The van der Waals surface area contributed by atoms with E-state index < -0.39 is 5.76 Å². The highest BCUT2D eigenvalue weighted by molar-refractivity contribution is 6.30. The monoisotopic (exact) mass is 549 g/mol. The zero-order chi connectivity index (χ0) is 27.3. The second-order valence-electron chi connectivity index (χ2n) is 12.4. The molecule has 10 heteroatoms. The van der Waals surface area contributed by atoms with Crippen LogP contribution in [0.3, 0.4) is 0 Å². The molecule has 39 heavy (non-hydrogen) atoms. The van der Waals surface area contributed by atoms with Crippen molar-refractivity contribution in [2.75, 3.05) is 11.4 Å². The third-order valence-corrected chi connectivity index (χ3v) is 8.66. The molecule has 2 fully saturated rings. The van der Waals surface area contributed by atoms with Gasteiger partial charge in [0.15, 0.2) is 0 Å². The minimum atomic E-state index is -0.624. The van der Waals surface area contributed by atoms with Gasteiger partial charge in [-0.2, -0.15) is 0 Å². The van der Waals surface area contributed by atoms with E-state index in [1.807, 2.05) is 12.1 Å². The molecule has 1 aliphatic carbocycles. The largest absolute Gasteiger partial charge is 0.439 e. The van der Waals surface area contributed by atoms with Crippen molar-refractivity contribution in [1.82, 2.24) is 29.7 Å². The average molecular weight is 550 g/mol. The van der Waals surface area contributed by atoms with Gasteiger partial charge in [-0.1, -0.05) is 57.3 Å². The maximum atomic E-state index is 11.8. The Balaban J connectivity index is 1.59. The van der Waals surface area contributed by atoms with Crippen molar-refractivity contribution in [3.8, 4) is 22.8 Å². The molecule has 0 aromatic carbocycles. The number of hydrogen-bond acceptors (Lipinski definition) is 7. The molecule has 206 valence electrons. The van der Waals surface area contributed by atoms with Crippen molar-refractivity contribution in [1.29, 1.82) is 0 Å². The first kappa shape index (κ1) is 26.0. The van der Waals surface area contributed by atoms with E-state index in [-0.39, 0.29) is 11.2 Å². The number of imidazole rings is 1. The summed E-state index contributed by atoms with van der Waals surface area (Å²) in [4.78, 5) is 31.5. The number of pyridine rings is 2. The molecule has 4 aromatic heterocycles. The van der Waals surface area contributed by atoms with Crippen LogP contribution in [0.25, 0.3) is 33.8 Å². The number of aromatic nitrogens is 6. The van der Waals surface area contributed by atoms with Crippen LogP contribution < -0.4 is 10.7 Å². The first-order chi connectivity index (χ1) is 18.7. The molecule has 5 heterocycles. The van der Waals surface area contributed by atoms with E-state index in [1.165, 1.54) is 25.7 Å². The number of aromatic amines is 1. The summed E-state index contributed by atoms with van der Waals surface area (Å²) in [6.45, 7) is 11.2. The van der Waals surface area contributed by atoms with Gasteiger partial charge in [-0.15, -0.1) is 0 Å². The van der Waals surface area contributed by atoms with Crippen molar-refractivity contribution in [3.05, 3.63) is 40.1 Å². The second kappa shape index (κ2) is 10.1. The van der Waals surface area contributed by atoms with Gasteiger partial charge in [0.2, 0.25) is 11.8 Å². The average Bonchev–Trinajstić information content (AvgIpc) is 3.63. The fourth-order valence-corrected chi connectivity index (χ4v) is 6.59. The number of H-pyrrole nitrogens is 1. The van der Waals surface area contributed by atoms with Gasteiger partial charge in [-0.25, -0.2) is 14.8 Å².